The Labute approximate surface area is 110 Å². The molecule has 1 aliphatic heterocycles. The highest BCUT2D eigenvalue weighted by molar-refractivity contribution is 7.90. The molecule has 18 heavy (non-hydrogen) atoms. The Morgan fingerprint density at radius 3 is 2.06 bits per heavy atom. The molecule has 0 amide bonds. The zero-order chi connectivity index (χ0) is 14.0. The smallest absolute Gasteiger partial charge is 0.211 e. The molecule has 0 saturated carbocycles. The van der Waals surface area contributed by atoms with Gasteiger partial charge in [0, 0.05) is 31.4 Å². The molecular formula is C10H22N2O4S2. The Balaban J connectivity index is 2.40. The Morgan fingerprint density at radius 2 is 1.67 bits per heavy atom. The van der Waals surface area contributed by atoms with E-state index in [1.807, 2.05) is 6.92 Å². The lowest BCUT2D eigenvalue weighted by atomic mass is 10.1. The summed E-state index contributed by atoms with van der Waals surface area (Å²) in [5.74, 6) is 0.110. The fraction of sp³-hybridized carbons (Fsp3) is 1.00. The van der Waals surface area contributed by atoms with Crippen molar-refractivity contribution >= 4 is 19.9 Å². The van der Waals surface area contributed by atoms with Gasteiger partial charge in [0.15, 0.2) is 0 Å². The molecule has 0 aromatic rings. The molecule has 1 fully saturated rings. The SMILES string of the molecule is CC(CS(C)(=O)=O)NC1CCN(S(C)(=O)=O)CC1. The minimum Gasteiger partial charge on any atom is -0.310 e. The molecule has 1 heterocycles. The highest BCUT2D eigenvalue weighted by Crippen LogP contribution is 2.13. The minimum atomic E-state index is -3.10. The van der Waals surface area contributed by atoms with Crippen LogP contribution in [0.3, 0.4) is 0 Å². The Morgan fingerprint density at radius 1 is 1.17 bits per heavy atom. The van der Waals surface area contributed by atoms with Gasteiger partial charge in [-0.1, -0.05) is 0 Å². The summed E-state index contributed by atoms with van der Waals surface area (Å²) < 4.78 is 46.4. The molecule has 1 saturated heterocycles. The number of nitrogens with zero attached hydrogens (tertiary/aromatic N) is 1. The van der Waals surface area contributed by atoms with Crippen molar-refractivity contribution in [2.45, 2.75) is 31.8 Å². The van der Waals surface area contributed by atoms with Crippen LogP contribution in [0.25, 0.3) is 0 Å². The average Bonchev–Trinajstić information content (AvgIpc) is 2.13. The molecule has 0 bridgehead atoms. The van der Waals surface area contributed by atoms with Crippen LogP contribution >= 0.6 is 0 Å². The number of piperidine rings is 1. The molecule has 108 valence electrons. The maximum atomic E-state index is 11.3. The summed E-state index contributed by atoms with van der Waals surface area (Å²) >= 11 is 0. The van der Waals surface area contributed by atoms with Crippen LogP contribution in [0.5, 0.6) is 0 Å². The first-order valence-corrected chi connectivity index (χ1v) is 9.88. The van der Waals surface area contributed by atoms with Gasteiger partial charge in [0.05, 0.1) is 12.0 Å². The zero-order valence-corrected chi connectivity index (χ0v) is 12.7. The molecule has 6 nitrogen and oxygen atoms in total. The minimum absolute atomic E-state index is 0.102. The van der Waals surface area contributed by atoms with Crippen molar-refractivity contribution in [1.82, 2.24) is 9.62 Å². The molecule has 8 heteroatoms. The molecule has 1 atom stereocenters. The van der Waals surface area contributed by atoms with Crippen LogP contribution in [0.2, 0.25) is 0 Å². The van der Waals surface area contributed by atoms with E-state index in [4.69, 9.17) is 0 Å². The van der Waals surface area contributed by atoms with Gasteiger partial charge in [-0.25, -0.2) is 21.1 Å². The summed E-state index contributed by atoms with van der Waals surface area (Å²) in [5, 5.41) is 3.25. The molecule has 0 aliphatic carbocycles. The lowest BCUT2D eigenvalue weighted by Gasteiger charge is -2.32. The van der Waals surface area contributed by atoms with Gasteiger partial charge in [0.1, 0.15) is 9.84 Å². The topological polar surface area (TPSA) is 83.6 Å². The summed E-state index contributed by atoms with van der Waals surface area (Å²) in [6.45, 7) is 2.84. The fourth-order valence-electron chi connectivity index (χ4n) is 2.26. The largest absolute Gasteiger partial charge is 0.310 e. The zero-order valence-electron chi connectivity index (χ0n) is 11.1. The first-order chi connectivity index (χ1) is 8.08. The highest BCUT2D eigenvalue weighted by Gasteiger charge is 2.25. The van der Waals surface area contributed by atoms with Crippen molar-refractivity contribution in [3.63, 3.8) is 0 Å². The van der Waals surface area contributed by atoms with Crippen molar-refractivity contribution in [3.8, 4) is 0 Å². The van der Waals surface area contributed by atoms with E-state index >= 15 is 0 Å². The van der Waals surface area contributed by atoms with Gasteiger partial charge in [0.2, 0.25) is 10.0 Å². The molecule has 1 aliphatic rings. The molecular weight excluding hydrogens is 276 g/mol. The van der Waals surface area contributed by atoms with Crippen LogP contribution in [-0.4, -0.2) is 64.6 Å². The van der Waals surface area contributed by atoms with Crippen LogP contribution < -0.4 is 5.32 Å². The van der Waals surface area contributed by atoms with Crippen LogP contribution in [0, 0.1) is 0 Å². The van der Waals surface area contributed by atoms with Crippen molar-refractivity contribution < 1.29 is 16.8 Å². The predicted octanol–water partition coefficient (Wildman–Crippen LogP) is -0.567. The number of nitrogens with one attached hydrogen (secondary N) is 1. The molecule has 0 radical (unpaired) electrons. The second-order valence-corrected chi connectivity index (χ2v) is 9.26. The van der Waals surface area contributed by atoms with Gasteiger partial charge in [-0.05, 0) is 19.8 Å². The lowest BCUT2D eigenvalue weighted by Crippen LogP contribution is -2.48. The van der Waals surface area contributed by atoms with E-state index < -0.39 is 19.9 Å². The molecule has 0 aromatic carbocycles. The molecule has 1 unspecified atom stereocenters. The monoisotopic (exact) mass is 298 g/mol. The number of hydrogen-bond acceptors (Lipinski definition) is 5. The third-order valence-electron chi connectivity index (χ3n) is 3.00. The van der Waals surface area contributed by atoms with Gasteiger partial charge in [-0.2, -0.15) is 0 Å². The van der Waals surface area contributed by atoms with Crippen LogP contribution in [-0.2, 0) is 19.9 Å². The molecule has 1 rings (SSSR count). The van der Waals surface area contributed by atoms with Gasteiger partial charge in [-0.3, -0.25) is 0 Å². The Hall–Kier alpha value is -0.180. The second kappa shape index (κ2) is 5.85. The quantitative estimate of drug-likeness (QED) is 0.735. The van der Waals surface area contributed by atoms with Crippen LogP contribution in [0.1, 0.15) is 19.8 Å². The van der Waals surface area contributed by atoms with Gasteiger partial charge in [-0.15, -0.1) is 0 Å². The highest BCUT2D eigenvalue weighted by atomic mass is 32.2. The number of hydrogen-bond donors (Lipinski definition) is 1. The lowest BCUT2D eigenvalue weighted by molar-refractivity contribution is 0.281. The summed E-state index contributed by atoms with van der Waals surface area (Å²) in [5.41, 5.74) is 0. The van der Waals surface area contributed by atoms with E-state index in [-0.39, 0.29) is 17.8 Å². The van der Waals surface area contributed by atoms with E-state index in [1.54, 1.807) is 0 Å². The van der Waals surface area contributed by atoms with E-state index in [0.29, 0.717) is 13.1 Å². The van der Waals surface area contributed by atoms with Crippen molar-refractivity contribution in [2.24, 2.45) is 0 Å². The maximum absolute atomic E-state index is 11.3. The molecule has 0 spiro atoms. The van der Waals surface area contributed by atoms with Crippen LogP contribution in [0.15, 0.2) is 0 Å². The van der Waals surface area contributed by atoms with Crippen molar-refractivity contribution in [3.05, 3.63) is 0 Å². The third kappa shape index (κ3) is 5.64. The molecule has 1 N–H and O–H groups in total. The number of sulfone groups is 1. The maximum Gasteiger partial charge on any atom is 0.211 e. The number of rotatable bonds is 5. The Bertz CT molecular complexity index is 464. The summed E-state index contributed by atoms with van der Waals surface area (Å²) in [6.07, 6.45) is 3.88. The summed E-state index contributed by atoms with van der Waals surface area (Å²) in [4.78, 5) is 0. The summed E-state index contributed by atoms with van der Waals surface area (Å²) in [6, 6.07) is 0.0922. The van der Waals surface area contributed by atoms with E-state index in [9.17, 15) is 16.8 Å². The van der Waals surface area contributed by atoms with E-state index in [1.165, 1.54) is 16.8 Å². The first kappa shape index (κ1) is 15.9. The fourth-order valence-corrected chi connectivity index (χ4v) is 4.14. The van der Waals surface area contributed by atoms with Gasteiger partial charge >= 0.3 is 0 Å². The third-order valence-corrected chi connectivity index (χ3v) is 5.40. The van der Waals surface area contributed by atoms with E-state index in [2.05, 4.69) is 5.32 Å². The number of sulfonamides is 1. The van der Waals surface area contributed by atoms with Crippen molar-refractivity contribution in [1.29, 1.82) is 0 Å². The standard InChI is InChI=1S/C10H22N2O4S2/c1-9(8-17(2,13)14)11-10-4-6-12(7-5-10)18(3,15)16/h9-11H,4-8H2,1-3H3. The average molecular weight is 298 g/mol. The van der Waals surface area contributed by atoms with Gasteiger partial charge in [0.25, 0.3) is 0 Å². The Kier molecular flexibility index (Phi) is 5.16. The first-order valence-electron chi connectivity index (χ1n) is 5.97. The van der Waals surface area contributed by atoms with Gasteiger partial charge < -0.3 is 5.32 Å². The van der Waals surface area contributed by atoms with Crippen molar-refractivity contribution in [2.75, 3.05) is 31.4 Å². The van der Waals surface area contributed by atoms with Crippen LogP contribution in [0.4, 0.5) is 0 Å². The summed E-state index contributed by atoms with van der Waals surface area (Å²) in [7, 11) is -6.07. The second-order valence-electron chi connectivity index (χ2n) is 5.10. The predicted molar refractivity (Wildman–Crippen MR) is 71.7 cm³/mol. The molecule has 0 aromatic heterocycles. The normalized spacial score (nSPS) is 21.9. The van der Waals surface area contributed by atoms with E-state index in [0.717, 1.165) is 12.8 Å².